The Bertz CT molecular complexity index is 714. The summed E-state index contributed by atoms with van der Waals surface area (Å²) in [5.74, 6) is 1.30. The zero-order valence-electron chi connectivity index (χ0n) is 15.7. The molecule has 5 heteroatoms. The second kappa shape index (κ2) is 9.25. The Labute approximate surface area is 155 Å². The molecule has 2 rings (SSSR count). The molecule has 5 nitrogen and oxygen atoms in total. The van der Waals surface area contributed by atoms with E-state index in [4.69, 9.17) is 15.2 Å². The highest BCUT2D eigenvalue weighted by Crippen LogP contribution is 2.28. The van der Waals surface area contributed by atoms with E-state index in [0.717, 1.165) is 35.5 Å². The van der Waals surface area contributed by atoms with Gasteiger partial charge in [-0.3, -0.25) is 4.79 Å². The second-order valence-corrected chi connectivity index (χ2v) is 6.35. The largest absolute Gasteiger partial charge is 0.493 e. The SMILES string of the molecule is CCOc1cc(CCCNC(=O)C(C)(N)c2ccccc2)ccc1OC. The summed E-state index contributed by atoms with van der Waals surface area (Å²) in [6.45, 7) is 4.83. The lowest BCUT2D eigenvalue weighted by Gasteiger charge is -2.24. The van der Waals surface area contributed by atoms with Crippen molar-refractivity contribution in [2.45, 2.75) is 32.2 Å². The maximum absolute atomic E-state index is 12.4. The van der Waals surface area contributed by atoms with Crippen LogP contribution in [0.1, 0.15) is 31.4 Å². The monoisotopic (exact) mass is 356 g/mol. The van der Waals surface area contributed by atoms with Crippen LogP contribution in [0, 0.1) is 0 Å². The molecule has 0 saturated heterocycles. The van der Waals surface area contributed by atoms with Crippen LogP contribution in [0.5, 0.6) is 11.5 Å². The minimum absolute atomic E-state index is 0.173. The van der Waals surface area contributed by atoms with E-state index in [9.17, 15) is 4.79 Å². The van der Waals surface area contributed by atoms with Gasteiger partial charge in [0, 0.05) is 6.54 Å². The molecular formula is C21H28N2O3. The predicted octanol–water partition coefficient (Wildman–Crippen LogP) is 3.02. The van der Waals surface area contributed by atoms with Crippen molar-refractivity contribution in [3.05, 3.63) is 59.7 Å². The summed E-state index contributed by atoms with van der Waals surface area (Å²) in [7, 11) is 1.63. The van der Waals surface area contributed by atoms with Crippen molar-refractivity contribution in [2.75, 3.05) is 20.3 Å². The van der Waals surface area contributed by atoms with Gasteiger partial charge >= 0.3 is 0 Å². The number of carbonyl (C=O) groups is 1. The fourth-order valence-electron chi connectivity index (χ4n) is 2.74. The standard InChI is InChI=1S/C21H28N2O3/c1-4-26-19-15-16(12-13-18(19)25-3)9-8-14-23-20(24)21(2,22)17-10-6-5-7-11-17/h5-7,10-13,15H,4,8-9,14,22H2,1-3H3,(H,23,24). The quantitative estimate of drug-likeness (QED) is 0.678. The van der Waals surface area contributed by atoms with E-state index in [1.807, 2.05) is 55.5 Å². The van der Waals surface area contributed by atoms with Gasteiger partial charge in [0.1, 0.15) is 5.54 Å². The molecule has 0 aliphatic carbocycles. The van der Waals surface area contributed by atoms with Crippen molar-refractivity contribution in [1.29, 1.82) is 0 Å². The van der Waals surface area contributed by atoms with Crippen molar-refractivity contribution in [3.63, 3.8) is 0 Å². The molecular weight excluding hydrogens is 328 g/mol. The molecule has 1 atom stereocenters. The molecule has 1 amide bonds. The Morgan fingerprint density at radius 1 is 1.15 bits per heavy atom. The van der Waals surface area contributed by atoms with E-state index >= 15 is 0 Å². The molecule has 2 aromatic rings. The normalized spacial score (nSPS) is 12.9. The van der Waals surface area contributed by atoms with E-state index in [0.29, 0.717) is 13.2 Å². The number of benzene rings is 2. The highest BCUT2D eigenvalue weighted by atomic mass is 16.5. The van der Waals surface area contributed by atoms with Gasteiger partial charge in [0.2, 0.25) is 5.91 Å². The Morgan fingerprint density at radius 3 is 2.54 bits per heavy atom. The molecule has 0 bridgehead atoms. The number of hydrogen-bond acceptors (Lipinski definition) is 4. The average Bonchev–Trinajstić information content (AvgIpc) is 2.66. The summed E-state index contributed by atoms with van der Waals surface area (Å²) in [5.41, 5.74) is 7.12. The molecule has 0 heterocycles. The van der Waals surface area contributed by atoms with Gasteiger partial charge in [-0.15, -0.1) is 0 Å². The fraction of sp³-hybridized carbons (Fsp3) is 0.381. The summed E-state index contributed by atoms with van der Waals surface area (Å²) in [5, 5.41) is 2.93. The second-order valence-electron chi connectivity index (χ2n) is 6.35. The van der Waals surface area contributed by atoms with Crippen LogP contribution >= 0.6 is 0 Å². The van der Waals surface area contributed by atoms with Crippen LogP contribution in [0.2, 0.25) is 0 Å². The Morgan fingerprint density at radius 2 is 1.88 bits per heavy atom. The number of aryl methyl sites for hydroxylation is 1. The predicted molar refractivity (Wildman–Crippen MR) is 103 cm³/mol. The average molecular weight is 356 g/mol. The lowest BCUT2D eigenvalue weighted by Crippen LogP contribution is -2.49. The van der Waals surface area contributed by atoms with Gasteiger partial charge in [-0.25, -0.2) is 0 Å². The molecule has 3 N–H and O–H groups in total. The number of carbonyl (C=O) groups excluding carboxylic acids is 1. The smallest absolute Gasteiger partial charge is 0.244 e. The van der Waals surface area contributed by atoms with Gasteiger partial charge in [-0.05, 0) is 49.9 Å². The highest BCUT2D eigenvalue weighted by Gasteiger charge is 2.29. The summed E-state index contributed by atoms with van der Waals surface area (Å²) in [4.78, 5) is 12.4. The van der Waals surface area contributed by atoms with Crippen molar-refractivity contribution in [3.8, 4) is 11.5 Å². The summed E-state index contributed by atoms with van der Waals surface area (Å²) < 4.78 is 10.9. The van der Waals surface area contributed by atoms with Crippen molar-refractivity contribution >= 4 is 5.91 Å². The molecule has 140 valence electrons. The van der Waals surface area contributed by atoms with E-state index < -0.39 is 5.54 Å². The number of nitrogens with two attached hydrogens (primary N) is 1. The molecule has 0 aliphatic rings. The number of methoxy groups -OCH3 is 1. The topological polar surface area (TPSA) is 73.6 Å². The number of amides is 1. The third kappa shape index (κ3) is 4.99. The summed E-state index contributed by atoms with van der Waals surface area (Å²) in [6.07, 6.45) is 1.64. The first-order valence-electron chi connectivity index (χ1n) is 8.91. The highest BCUT2D eigenvalue weighted by molar-refractivity contribution is 5.86. The van der Waals surface area contributed by atoms with Crippen LogP contribution in [0.15, 0.2) is 48.5 Å². The van der Waals surface area contributed by atoms with Crippen LogP contribution in [-0.4, -0.2) is 26.2 Å². The van der Waals surface area contributed by atoms with Crippen LogP contribution in [-0.2, 0) is 16.8 Å². The van der Waals surface area contributed by atoms with Gasteiger partial charge in [0.05, 0.1) is 13.7 Å². The molecule has 2 aromatic carbocycles. The first-order chi connectivity index (χ1) is 12.5. The molecule has 0 spiro atoms. The zero-order valence-corrected chi connectivity index (χ0v) is 15.7. The number of ether oxygens (including phenoxy) is 2. The molecule has 0 radical (unpaired) electrons. The lowest BCUT2D eigenvalue weighted by atomic mass is 9.92. The summed E-state index contributed by atoms with van der Waals surface area (Å²) in [6, 6.07) is 15.3. The lowest BCUT2D eigenvalue weighted by molar-refractivity contribution is -0.126. The molecule has 0 aliphatic heterocycles. The molecule has 0 fully saturated rings. The van der Waals surface area contributed by atoms with Gasteiger partial charge in [0.25, 0.3) is 0 Å². The first-order valence-corrected chi connectivity index (χ1v) is 8.91. The Balaban J connectivity index is 1.86. The van der Waals surface area contributed by atoms with Crippen LogP contribution in [0.4, 0.5) is 0 Å². The van der Waals surface area contributed by atoms with Crippen LogP contribution in [0.3, 0.4) is 0 Å². The van der Waals surface area contributed by atoms with Gasteiger partial charge in [0.15, 0.2) is 11.5 Å². The van der Waals surface area contributed by atoms with Gasteiger partial charge in [-0.1, -0.05) is 36.4 Å². The number of nitrogens with one attached hydrogen (secondary N) is 1. The van der Waals surface area contributed by atoms with Crippen molar-refractivity contribution < 1.29 is 14.3 Å². The molecule has 1 unspecified atom stereocenters. The minimum atomic E-state index is -1.04. The Hall–Kier alpha value is -2.53. The number of hydrogen-bond donors (Lipinski definition) is 2. The van der Waals surface area contributed by atoms with E-state index in [1.54, 1.807) is 14.0 Å². The third-order valence-corrected chi connectivity index (χ3v) is 4.30. The molecule has 0 saturated carbocycles. The Kier molecular flexibility index (Phi) is 7.04. The van der Waals surface area contributed by atoms with Crippen molar-refractivity contribution in [1.82, 2.24) is 5.32 Å². The first kappa shape index (κ1) is 19.8. The van der Waals surface area contributed by atoms with E-state index in [1.165, 1.54) is 0 Å². The zero-order chi connectivity index (χ0) is 19.0. The van der Waals surface area contributed by atoms with Crippen molar-refractivity contribution in [2.24, 2.45) is 5.73 Å². The maximum Gasteiger partial charge on any atom is 0.244 e. The summed E-state index contributed by atoms with van der Waals surface area (Å²) >= 11 is 0. The molecule has 26 heavy (non-hydrogen) atoms. The maximum atomic E-state index is 12.4. The van der Waals surface area contributed by atoms with Crippen LogP contribution < -0.4 is 20.5 Å². The van der Waals surface area contributed by atoms with Gasteiger partial charge < -0.3 is 20.5 Å². The third-order valence-electron chi connectivity index (χ3n) is 4.30. The number of rotatable bonds is 9. The van der Waals surface area contributed by atoms with Crippen LogP contribution in [0.25, 0.3) is 0 Å². The van der Waals surface area contributed by atoms with E-state index in [-0.39, 0.29) is 5.91 Å². The van der Waals surface area contributed by atoms with Gasteiger partial charge in [-0.2, -0.15) is 0 Å². The van der Waals surface area contributed by atoms with E-state index in [2.05, 4.69) is 5.32 Å². The minimum Gasteiger partial charge on any atom is -0.493 e. The molecule has 0 aromatic heterocycles. The fourth-order valence-corrected chi connectivity index (χ4v) is 2.74.